The highest BCUT2D eigenvalue weighted by atomic mass is 35.7. The Morgan fingerprint density at radius 3 is 2.10 bits per heavy atom. The molecule has 114 valence electrons. The highest BCUT2D eigenvalue weighted by Gasteiger charge is 2.19. The number of hydrogen-bond donors (Lipinski definition) is 0. The molecule has 4 nitrogen and oxygen atoms in total. The molecule has 1 aromatic carbocycles. The summed E-state index contributed by atoms with van der Waals surface area (Å²) < 4.78 is 33.9. The van der Waals surface area contributed by atoms with Crippen molar-refractivity contribution in [3.05, 3.63) is 23.3 Å². The van der Waals surface area contributed by atoms with Crippen molar-refractivity contribution in [3.63, 3.8) is 0 Å². The van der Waals surface area contributed by atoms with E-state index in [4.69, 9.17) is 20.2 Å². The Balaban J connectivity index is 2.86. The first-order valence-corrected chi connectivity index (χ1v) is 8.61. The zero-order valence-corrected chi connectivity index (χ0v) is 14.1. The molecule has 20 heavy (non-hydrogen) atoms. The van der Waals surface area contributed by atoms with E-state index in [-0.39, 0.29) is 10.5 Å². The van der Waals surface area contributed by atoms with E-state index in [0.717, 1.165) is 6.42 Å². The molecular weight excluding hydrogens is 300 g/mol. The molecule has 0 N–H and O–H groups in total. The largest absolute Gasteiger partial charge is 0.493 e. The lowest BCUT2D eigenvalue weighted by molar-refractivity contribution is 0.00545. The molecule has 0 aliphatic rings. The van der Waals surface area contributed by atoms with E-state index in [1.54, 1.807) is 33.1 Å². The van der Waals surface area contributed by atoms with Gasteiger partial charge in [-0.25, -0.2) is 8.42 Å². The molecule has 1 aromatic rings. The number of hydrogen-bond acceptors (Lipinski definition) is 4. The van der Waals surface area contributed by atoms with Crippen LogP contribution in [0.25, 0.3) is 0 Å². The number of rotatable bonds is 6. The average molecular weight is 321 g/mol. The van der Waals surface area contributed by atoms with Gasteiger partial charge in [0.1, 0.15) is 5.75 Å². The monoisotopic (exact) mass is 320 g/mol. The van der Waals surface area contributed by atoms with Crippen molar-refractivity contribution in [2.24, 2.45) is 0 Å². The molecule has 0 unspecified atom stereocenters. The second-order valence-electron chi connectivity index (χ2n) is 5.39. The molecule has 0 fully saturated rings. The Morgan fingerprint density at radius 2 is 1.70 bits per heavy atom. The van der Waals surface area contributed by atoms with Gasteiger partial charge < -0.3 is 9.47 Å². The van der Waals surface area contributed by atoms with Crippen LogP contribution in [0.3, 0.4) is 0 Å². The molecule has 0 aliphatic carbocycles. The molecule has 6 heteroatoms. The third-order valence-electron chi connectivity index (χ3n) is 3.20. The quantitative estimate of drug-likeness (QED) is 0.754. The second kappa shape index (κ2) is 6.33. The molecule has 0 aliphatic heterocycles. The minimum atomic E-state index is -3.73. The Hall–Kier alpha value is -0.780. The van der Waals surface area contributed by atoms with E-state index in [1.807, 2.05) is 13.8 Å². The Morgan fingerprint density at radius 1 is 1.20 bits per heavy atom. The number of methoxy groups -OCH3 is 1. The molecule has 0 saturated carbocycles. The number of ether oxygens (including phenoxy) is 2. The SMILES string of the molecule is COC(C)(C)CCOc1cc(C)c(S(=O)(=O)Cl)c(C)c1. The van der Waals surface area contributed by atoms with E-state index >= 15 is 0 Å². The van der Waals surface area contributed by atoms with Crippen LogP contribution in [0.4, 0.5) is 0 Å². The van der Waals surface area contributed by atoms with Crippen LogP contribution in [0.15, 0.2) is 17.0 Å². The number of halogens is 1. The average Bonchev–Trinajstić information content (AvgIpc) is 2.25. The lowest BCUT2D eigenvalue weighted by atomic mass is 10.1. The summed E-state index contributed by atoms with van der Waals surface area (Å²) in [5.74, 6) is 0.635. The van der Waals surface area contributed by atoms with Gasteiger partial charge in [-0.15, -0.1) is 0 Å². The summed E-state index contributed by atoms with van der Waals surface area (Å²) >= 11 is 0. The molecule has 0 atom stereocenters. The van der Waals surface area contributed by atoms with E-state index < -0.39 is 9.05 Å². The Kier molecular flexibility index (Phi) is 5.46. The topological polar surface area (TPSA) is 52.6 Å². The van der Waals surface area contributed by atoms with Gasteiger partial charge in [-0.2, -0.15) is 0 Å². The fourth-order valence-electron chi connectivity index (χ4n) is 1.90. The summed E-state index contributed by atoms with van der Waals surface area (Å²) in [7, 11) is 3.35. The van der Waals surface area contributed by atoms with Gasteiger partial charge in [0, 0.05) is 24.2 Å². The maximum Gasteiger partial charge on any atom is 0.261 e. The highest BCUT2D eigenvalue weighted by Crippen LogP contribution is 2.28. The van der Waals surface area contributed by atoms with Gasteiger partial charge in [-0.05, 0) is 51.0 Å². The van der Waals surface area contributed by atoms with Gasteiger partial charge in [0.05, 0.1) is 17.1 Å². The van der Waals surface area contributed by atoms with Gasteiger partial charge in [0.2, 0.25) is 0 Å². The molecule has 0 amide bonds. The molecule has 0 saturated heterocycles. The molecule has 0 radical (unpaired) electrons. The van der Waals surface area contributed by atoms with Crippen molar-refractivity contribution >= 4 is 19.7 Å². The van der Waals surface area contributed by atoms with E-state index in [1.165, 1.54) is 0 Å². The molecule has 0 heterocycles. The van der Waals surface area contributed by atoms with Crippen molar-refractivity contribution in [1.82, 2.24) is 0 Å². The first-order valence-electron chi connectivity index (χ1n) is 6.31. The zero-order valence-electron chi connectivity index (χ0n) is 12.5. The summed E-state index contributed by atoms with van der Waals surface area (Å²) in [6, 6.07) is 3.37. The maximum atomic E-state index is 11.5. The Labute approximate surface area is 125 Å². The lowest BCUT2D eigenvalue weighted by Gasteiger charge is -2.22. The standard InChI is InChI=1S/C14H21ClO4S/c1-10-8-12(19-7-6-14(3,4)18-5)9-11(2)13(10)20(15,16)17/h8-9H,6-7H2,1-5H3. The zero-order chi connectivity index (χ0) is 15.6. The summed E-state index contributed by atoms with van der Waals surface area (Å²) in [5, 5.41) is 0. The summed E-state index contributed by atoms with van der Waals surface area (Å²) in [6.45, 7) is 7.86. The van der Waals surface area contributed by atoms with Crippen LogP contribution in [0, 0.1) is 13.8 Å². The van der Waals surface area contributed by atoms with Gasteiger partial charge in [-0.3, -0.25) is 0 Å². The highest BCUT2D eigenvalue weighted by molar-refractivity contribution is 8.13. The van der Waals surface area contributed by atoms with Crippen LogP contribution in [-0.4, -0.2) is 27.7 Å². The normalized spacial score (nSPS) is 12.5. The fourth-order valence-corrected chi connectivity index (χ4v) is 3.51. The van der Waals surface area contributed by atoms with Crippen molar-refractivity contribution in [1.29, 1.82) is 0 Å². The maximum absolute atomic E-state index is 11.5. The van der Waals surface area contributed by atoms with Gasteiger partial charge in [0.15, 0.2) is 0 Å². The smallest absolute Gasteiger partial charge is 0.261 e. The molecule has 0 aromatic heterocycles. The predicted molar refractivity (Wildman–Crippen MR) is 80.2 cm³/mol. The van der Waals surface area contributed by atoms with Crippen molar-refractivity contribution < 1.29 is 17.9 Å². The predicted octanol–water partition coefficient (Wildman–Crippen LogP) is 3.42. The van der Waals surface area contributed by atoms with Crippen molar-refractivity contribution in [2.45, 2.75) is 44.6 Å². The van der Waals surface area contributed by atoms with Crippen molar-refractivity contribution in [2.75, 3.05) is 13.7 Å². The van der Waals surface area contributed by atoms with E-state index in [0.29, 0.717) is 23.5 Å². The fraction of sp³-hybridized carbons (Fsp3) is 0.571. The minimum absolute atomic E-state index is 0.156. The van der Waals surface area contributed by atoms with Gasteiger partial charge >= 0.3 is 0 Å². The Bertz CT molecular complexity index is 556. The summed E-state index contributed by atoms with van der Waals surface area (Å²) in [5.41, 5.74) is 0.922. The number of aryl methyl sites for hydroxylation is 2. The van der Waals surface area contributed by atoms with E-state index in [9.17, 15) is 8.42 Å². The van der Waals surface area contributed by atoms with Crippen LogP contribution in [0.2, 0.25) is 0 Å². The van der Waals surface area contributed by atoms with Crippen LogP contribution >= 0.6 is 10.7 Å². The number of benzene rings is 1. The van der Waals surface area contributed by atoms with Crippen LogP contribution in [0.5, 0.6) is 5.75 Å². The molecular formula is C14H21ClO4S. The van der Waals surface area contributed by atoms with Crippen molar-refractivity contribution in [3.8, 4) is 5.75 Å². The van der Waals surface area contributed by atoms with Crippen LogP contribution in [-0.2, 0) is 13.8 Å². The van der Waals surface area contributed by atoms with Crippen LogP contribution < -0.4 is 4.74 Å². The van der Waals surface area contributed by atoms with Gasteiger partial charge in [-0.1, -0.05) is 0 Å². The summed E-state index contributed by atoms with van der Waals surface area (Å²) in [4.78, 5) is 0.156. The first-order chi connectivity index (χ1) is 9.07. The molecule has 0 spiro atoms. The summed E-state index contributed by atoms with van der Waals surface area (Å²) in [6.07, 6.45) is 0.733. The lowest BCUT2D eigenvalue weighted by Crippen LogP contribution is -2.25. The van der Waals surface area contributed by atoms with Gasteiger partial charge in [0.25, 0.3) is 9.05 Å². The molecule has 0 bridgehead atoms. The van der Waals surface area contributed by atoms with Crippen LogP contribution in [0.1, 0.15) is 31.4 Å². The first kappa shape index (κ1) is 17.3. The second-order valence-corrected chi connectivity index (χ2v) is 7.89. The third kappa shape index (κ3) is 4.65. The minimum Gasteiger partial charge on any atom is -0.493 e. The third-order valence-corrected chi connectivity index (χ3v) is 4.80. The van der Waals surface area contributed by atoms with E-state index in [2.05, 4.69) is 0 Å². The molecule has 1 rings (SSSR count).